The molecule has 2 heterocycles. The van der Waals surface area contributed by atoms with Gasteiger partial charge in [-0.25, -0.2) is 4.79 Å². The van der Waals surface area contributed by atoms with Crippen molar-refractivity contribution in [3.05, 3.63) is 71.4 Å². The largest absolute Gasteiger partial charge is 0.447 e. The predicted molar refractivity (Wildman–Crippen MR) is 98.6 cm³/mol. The van der Waals surface area contributed by atoms with E-state index in [2.05, 4.69) is 55.4 Å². The molecule has 1 aromatic heterocycles. The van der Waals surface area contributed by atoms with Crippen LogP contribution in [-0.4, -0.2) is 28.6 Å². The number of aromatic amines is 1. The van der Waals surface area contributed by atoms with Crippen molar-refractivity contribution in [2.75, 3.05) is 6.61 Å². The number of benzene rings is 2. The minimum absolute atomic E-state index is 0.00635. The highest BCUT2D eigenvalue weighted by atomic mass is 16.6. The average molecular weight is 334 g/mol. The molecule has 25 heavy (non-hydrogen) atoms. The van der Waals surface area contributed by atoms with Gasteiger partial charge in [-0.2, -0.15) is 0 Å². The molecule has 128 valence electrons. The monoisotopic (exact) mass is 334 g/mol. The summed E-state index contributed by atoms with van der Waals surface area (Å²) in [6, 6.07) is 16.5. The van der Waals surface area contributed by atoms with Gasteiger partial charge < -0.3 is 9.72 Å². The number of para-hydroxylation sites is 1. The van der Waals surface area contributed by atoms with Crippen molar-refractivity contribution in [1.82, 2.24) is 9.88 Å². The van der Waals surface area contributed by atoms with Crippen molar-refractivity contribution in [3.63, 3.8) is 0 Å². The first-order valence-corrected chi connectivity index (χ1v) is 8.71. The van der Waals surface area contributed by atoms with Gasteiger partial charge in [0.05, 0.1) is 12.1 Å². The van der Waals surface area contributed by atoms with E-state index < -0.39 is 0 Å². The first kappa shape index (κ1) is 15.8. The maximum atomic E-state index is 12.3. The normalized spacial score (nSPS) is 18.6. The molecule has 0 spiro atoms. The topological polar surface area (TPSA) is 45.3 Å². The molecule has 4 rings (SSSR count). The number of ether oxygens (including phenoxy) is 1. The van der Waals surface area contributed by atoms with Crippen molar-refractivity contribution < 1.29 is 9.53 Å². The van der Waals surface area contributed by atoms with E-state index in [1.807, 2.05) is 23.1 Å². The van der Waals surface area contributed by atoms with Crippen LogP contribution in [0.4, 0.5) is 4.79 Å². The first-order chi connectivity index (χ1) is 12.1. The number of carbonyl (C=O) groups excluding carboxylic acids is 1. The molecule has 0 saturated carbocycles. The fourth-order valence-electron chi connectivity index (χ4n) is 3.78. The van der Waals surface area contributed by atoms with Crippen LogP contribution in [0, 0.1) is 6.92 Å². The highest BCUT2D eigenvalue weighted by molar-refractivity contribution is 5.86. The first-order valence-electron chi connectivity index (χ1n) is 8.71. The smallest absolute Gasteiger partial charge is 0.410 e. The lowest BCUT2D eigenvalue weighted by Crippen LogP contribution is -2.37. The molecule has 1 amide bonds. The Labute approximate surface area is 147 Å². The standard InChI is InChI=1S/C21H22N2O2/c1-14-7-6-10-19-17(12-22-20(14)19)11-18-13-25-21(24)23(18)15(2)16-8-4-3-5-9-16/h3-10,12,15,18,22H,11,13H2,1-2H3/t15-,18-/m0/s1. The number of fused-ring (bicyclic) bond motifs is 1. The Hall–Kier alpha value is -2.75. The molecule has 1 N–H and O–H groups in total. The van der Waals surface area contributed by atoms with Crippen LogP contribution in [0.2, 0.25) is 0 Å². The van der Waals surface area contributed by atoms with Crippen molar-refractivity contribution in [2.24, 2.45) is 0 Å². The maximum Gasteiger partial charge on any atom is 0.410 e. The number of nitrogens with one attached hydrogen (secondary N) is 1. The summed E-state index contributed by atoms with van der Waals surface area (Å²) < 4.78 is 5.38. The van der Waals surface area contributed by atoms with E-state index in [-0.39, 0.29) is 18.2 Å². The summed E-state index contributed by atoms with van der Waals surface area (Å²) in [6.07, 6.45) is 2.62. The van der Waals surface area contributed by atoms with Gasteiger partial charge in [0.15, 0.2) is 0 Å². The lowest BCUT2D eigenvalue weighted by Gasteiger charge is -2.28. The molecule has 1 saturated heterocycles. The van der Waals surface area contributed by atoms with E-state index in [0.717, 1.165) is 12.0 Å². The van der Waals surface area contributed by atoms with Crippen LogP contribution < -0.4 is 0 Å². The Kier molecular flexibility index (Phi) is 3.96. The van der Waals surface area contributed by atoms with Crippen LogP contribution in [0.5, 0.6) is 0 Å². The zero-order valence-electron chi connectivity index (χ0n) is 14.5. The summed E-state index contributed by atoms with van der Waals surface area (Å²) in [6.45, 7) is 4.61. The van der Waals surface area contributed by atoms with Crippen LogP contribution in [0.15, 0.2) is 54.7 Å². The number of hydrogen-bond acceptors (Lipinski definition) is 2. The summed E-state index contributed by atoms with van der Waals surface area (Å²) >= 11 is 0. The van der Waals surface area contributed by atoms with E-state index in [0.29, 0.717) is 6.61 Å². The molecule has 4 heteroatoms. The van der Waals surface area contributed by atoms with Crippen molar-refractivity contribution in [2.45, 2.75) is 32.4 Å². The minimum atomic E-state index is -0.225. The molecule has 2 aromatic carbocycles. The van der Waals surface area contributed by atoms with Crippen molar-refractivity contribution >= 4 is 17.0 Å². The molecule has 0 bridgehead atoms. The second-order valence-corrected chi connectivity index (χ2v) is 6.74. The molecule has 0 unspecified atom stereocenters. The Balaban J connectivity index is 1.62. The van der Waals surface area contributed by atoms with Gasteiger partial charge in [0.2, 0.25) is 0 Å². The summed E-state index contributed by atoms with van der Waals surface area (Å²) in [7, 11) is 0. The molecular formula is C21H22N2O2. The Morgan fingerprint density at radius 1 is 1.20 bits per heavy atom. The van der Waals surface area contributed by atoms with Gasteiger partial charge >= 0.3 is 6.09 Å². The third kappa shape index (κ3) is 2.78. The summed E-state index contributed by atoms with van der Waals surface area (Å²) in [4.78, 5) is 17.6. The molecule has 2 atom stereocenters. The van der Waals surface area contributed by atoms with E-state index in [1.54, 1.807) is 0 Å². The highest BCUT2D eigenvalue weighted by Gasteiger charge is 2.37. The number of carbonyl (C=O) groups is 1. The zero-order valence-corrected chi connectivity index (χ0v) is 14.5. The third-order valence-corrected chi connectivity index (χ3v) is 5.17. The Morgan fingerprint density at radius 3 is 2.80 bits per heavy atom. The lowest BCUT2D eigenvalue weighted by molar-refractivity contribution is 0.147. The summed E-state index contributed by atoms with van der Waals surface area (Å²) in [5.41, 5.74) is 4.76. The van der Waals surface area contributed by atoms with Gasteiger partial charge in [0.1, 0.15) is 6.61 Å². The van der Waals surface area contributed by atoms with Gasteiger partial charge in [0, 0.05) is 17.1 Å². The quantitative estimate of drug-likeness (QED) is 0.758. The number of aromatic nitrogens is 1. The van der Waals surface area contributed by atoms with Crippen molar-refractivity contribution in [1.29, 1.82) is 0 Å². The number of cyclic esters (lactones) is 1. The van der Waals surface area contributed by atoms with Gasteiger partial charge in [0.25, 0.3) is 0 Å². The van der Waals surface area contributed by atoms with E-state index in [9.17, 15) is 4.79 Å². The van der Waals surface area contributed by atoms with E-state index >= 15 is 0 Å². The van der Waals surface area contributed by atoms with Gasteiger partial charge in [-0.15, -0.1) is 0 Å². The third-order valence-electron chi connectivity index (χ3n) is 5.17. The van der Waals surface area contributed by atoms with Crippen LogP contribution in [-0.2, 0) is 11.2 Å². The van der Waals surface area contributed by atoms with Crippen LogP contribution in [0.1, 0.15) is 29.7 Å². The van der Waals surface area contributed by atoms with Crippen LogP contribution in [0.25, 0.3) is 10.9 Å². The molecular weight excluding hydrogens is 312 g/mol. The second kappa shape index (κ2) is 6.28. The molecule has 3 aromatic rings. The zero-order chi connectivity index (χ0) is 17.4. The number of hydrogen-bond donors (Lipinski definition) is 1. The van der Waals surface area contributed by atoms with Gasteiger partial charge in [-0.05, 0) is 37.0 Å². The predicted octanol–water partition coefficient (Wildman–Crippen LogP) is 4.60. The average Bonchev–Trinajstić information content (AvgIpc) is 3.20. The van der Waals surface area contributed by atoms with Crippen LogP contribution in [0.3, 0.4) is 0 Å². The summed E-state index contributed by atoms with van der Waals surface area (Å²) in [5, 5.41) is 1.23. The van der Waals surface area contributed by atoms with Crippen LogP contribution >= 0.6 is 0 Å². The Morgan fingerprint density at radius 2 is 2.00 bits per heavy atom. The maximum absolute atomic E-state index is 12.3. The lowest BCUT2D eigenvalue weighted by atomic mass is 10.0. The summed E-state index contributed by atoms with van der Waals surface area (Å²) in [5.74, 6) is 0. The molecule has 0 aliphatic carbocycles. The van der Waals surface area contributed by atoms with E-state index in [4.69, 9.17) is 4.74 Å². The number of nitrogens with zero attached hydrogens (tertiary/aromatic N) is 1. The fraction of sp³-hybridized carbons (Fsp3) is 0.286. The SMILES string of the molecule is Cc1cccc2c(C[C@H]3COC(=O)N3[C@@H](C)c3ccccc3)c[nH]c12. The molecule has 1 aliphatic rings. The number of H-pyrrole nitrogens is 1. The van der Waals surface area contributed by atoms with Crippen molar-refractivity contribution in [3.8, 4) is 0 Å². The number of amides is 1. The van der Waals surface area contributed by atoms with Gasteiger partial charge in [-0.1, -0.05) is 48.5 Å². The molecule has 0 radical (unpaired) electrons. The molecule has 1 fully saturated rings. The number of aryl methyl sites for hydroxylation is 1. The number of rotatable bonds is 4. The second-order valence-electron chi connectivity index (χ2n) is 6.74. The molecule has 1 aliphatic heterocycles. The van der Waals surface area contributed by atoms with Gasteiger partial charge in [-0.3, -0.25) is 4.90 Å². The van der Waals surface area contributed by atoms with E-state index in [1.165, 1.54) is 22.0 Å². The highest BCUT2D eigenvalue weighted by Crippen LogP contribution is 2.30. The Bertz CT molecular complexity index is 901. The molecule has 4 nitrogen and oxygen atoms in total. The minimum Gasteiger partial charge on any atom is -0.447 e. The fourth-order valence-corrected chi connectivity index (χ4v) is 3.78.